The largest absolute Gasteiger partial charge is 0.497 e. The van der Waals surface area contributed by atoms with E-state index in [1.54, 1.807) is 7.11 Å². The smallest absolute Gasteiger partial charge is 0.130 e. The van der Waals surface area contributed by atoms with E-state index in [9.17, 15) is 0 Å². The molecule has 1 atom stereocenters. The molecule has 0 fully saturated rings. The van der Waals surface area contributed by atoms with E-state index in [4.69, 9.17) is 15.5 Å². The quantitative estimate of drug-likeness (QED) is 0.674. The van der Waals surface area contributed by atoms with Crippen LogP contribution in [0.25, 0.3) is 11.1 Å². The maximum absolute atomic E-state index is 6.22. The third-order valence-corrected chi connectivity index (χ3v) is 5.20. The molecule has 0 bridgehead atoms. The Balaban J connectivity index is 1.52. The Morgan fingerprint density at radius 3 is 2.54 bits per heavy atom. The fourth-order valence-electron chi connectivity index (χ4n) is 3.67. The fraction of sp³-hybridized carbons (Fsp3) is 0.208. The molecule has 1 unspecified atom stereocenters. The van der Waals surface area contributed by atoms with Gasteiger partial charge in [-0.25, -0.2) is 4.99 Å². The minimum atomic E-state index is -0.412. The van der Waals surface area contributed by atoms with Crippen molar-refractivity contribution in [2.24, 2.45) is 10.7 Å². The number of rotatable bonds is 5. The van der Waals surface area contributed by atoms with E-state index in [1.807, 2.05) is 30.3 Å². The molecule has 3 N–H and O–H groups in total. The molecular formula is C24H25N3O. The van der Waals surface area contributed by atoms with Crippen molar-refractivity contribution in [2.75, 3.05) is 12.4 Å². The lowest BCUT2D eigenvalue weighted by Gasteiger charge is -2.33. The van der Waals surface area contributed by atoms with E-state index < -0.39 is 5.66 Å². The Labute approximate surface area is 166 Å². The van der Waals surface area contributed by atoms with Crippen LogP contribution < -0.4 is 15.8 Å². The van der Waals surface area contributed by atoms with Crippen molar-refractivity contribution in [2.45, 2.75) is 25.4 Å². The normalized spacial score (nSPS) is 18.0. The van der Waals surface area contributed by atoms with E-state index >= 15 is 0 Å². The van der Waals surface area contributed by atoms with E-state index in [0.717, 1.165) is 35.4 Å². The molecule has 3 aromatic rings. The predicted octanol–water partition coefficient (Wildman–Crippen LogP) is 4.84. The van der Waals surface area contributed by atoms with E-state index in [0.29, 0.717) is 5.84 Å². The van der Waals surface area contributed by atoms with Crippen LogP contribution in [-0.4, -0.2) is 18.6 Å². The second-order valence-corrected chi connectivity index (χ2v) is 7.37. The van der Waals surface area contributed by atoms with Gasteiger partial charge in [0.25, 0.3) is 0 Å². The molecule has 0 amide bonds. The minimum absolute atomic E-state index is 0.412. The Morgan fingerprint density at radius 1 is 0.964 bits per heavy atom. The molecule has 4 nitrogen and oxygen atoms in total. The highest BCUT2D eigenvalue weighted by Gasteiger charge is 2.28. The van der Waals surface area contributed by atoms with Crippen LogP contribution in [0, 0.1) is 0 Å². The molecule has 28 heavy (non-hydrogen) atoms. The van der Waals surface area contributed by atoms with Crippen molar-refractivity contribution < 1.29 is 4.74 Å². The molecular weight excluding hydrogens is 346 g/mol. The Kier molecular flexibility index (Phi) is 4.78. The predicted molar refractivity (Wildman–Crippen MR) is 116 cm³/mol. The van der Waals surface area contributed by atoms with Gasteiger partial charge in [-0.3, -0.25) is 0 Å². The first kappa shape index (κ1) is 18.1. The maximum Gasteiger partial charge on any atom is 0.130 e. The van der Waals surface area contributed by atoms with Gasteiger partial charge in [-0.15, -0.1) is 0 Å². The van der Waals surface area contributed by atoms with Gasteiger partial charge in [-0.2, -0.15) is 0 Å². The SMILES string of the molecule is COc1cccc(-c2cccc(CCC3(C)N=C(N)c4ccccc4N3)c2)c1. The molecule has 0 aromatic heterocycles. The van der Waals surface area contributed by atoms with Gasteiger partial charge < -0.3 is 15.8 Å². The van der Waals surface area contributed by atoms with Crippen LogP contribution in [0.4, 0.5) is 5.69 Å². The minimum Gasteiger partial charge on any atom is -0.497 e. The first-order chi connectivity index (χ1) is 13.6. The van der Waals surface area contributed by atoms with Crippen LogP contribution in [0.3, 0.4) is 0 Å². The first-order valence-corrected chi connectivity index (χ1v) is 9.53. The zero-order valence-electron chi connectivity index (χ0n) is 16.3. The van der Waals surface area contributed by atoms with Crippen LogP contribution in [0.2, 0.25) is 0 Å². The van der Waals surface area contributed by atoms with E-state index in [1.165, 1.54) is 11.1 Å². The molecule has 3 aromatic carbocycles. The van der Waals surface area contributed by atoms with Crippen LogP contribution >= 0.6 is 0 Å². The number of nitrogens with zero attached hydrogens (tertiary/aromatic N) is 1. The molecule has 4 rings (SSSR count). The molecule has 0 spiro atoms. The highest BCUT2D eigenvalue weighted by atomic mass is 16.5. The summed E-state index contributed by atoms with van der Waals surface area (Å²) in [6.45, 7) is 2.10. The third kappa shape index (κ3) is 3.72. The van der Waals surface area contributed by atoms with Crippen molar-refractivity contribution in [3.8, 4) is 16.9 Å². The third-order valence-electron chi connectivity index (χ3n) is 5.20. The number of amidine groups is 1. The lowest BCUT2D eigenvalue weighted by molar-refractivity contribution is 0.415. The number of benzene rings is 3. The number of hydrogen-bond donors (Lipinski definition) is 2. The summed E-state index contributed by atoms with van der Waals surface area (Å²) < 4.78 is 5.35. The standard InChI is InChI=1S/C24H25N3O/c1-24(26-22-12-4-3-11-21(22)23(25)27-24)14-13-17-7-5-8-18(15-17)19-9-6-10-20(16-19)28-2/h3-12,15-16,26H,13-14H2,1-2H3,(H2,25,27). The Bertz CT molecular complexity index is 1030. The number of hydrogen-bond acceptors (Lipinski definition) is 4. The molecule has 1 aliphatic heterocycles. The van der Waals surface area contributed by atoms with Crippen molar-refractivity contribution >= 4 is 11.5 Å². The molecule has 1 aliphatic rings. The fourth-order valence-corrected chi connectivity index (χ4v) is 3.67. The molecule has 142 valence electrons. The summed E-state index contributed by atoms with van der Waals surface area (Å²) in [6.07, 6.45) is 1.75. The maximum atomic E-state index is 6.22. The summed E-state index contributed by atoms with van der Waals surface area (Å²) in [5, 5.41) is 3.55. The zero-order chi connectivity index (χ0) is 19.6. The van der Waals surface area contributed by atoms with Crippen LogP contribution in [0.15, 0.2) is 77.8 Å². The average molecular weight is 371 g/mol. The summed E-state index contributed by atoms with van der Waals surface area (Å²) in [4.78, 5) is 4.74. The van der Waals surface area contributed by atoms with Gasteiger partial charge in [0.2, 0.25) is 0 Å². The number of aliphatic imine (C=N–C) groups is 1. The Hall–Kier alpha value is -3.27. The van der Waals surface area contributed by atoms with E-state index in [-0.39, 0.29) is 0 Å². The summed E-state index contributed by atoms with van der Waals surface area (Å²) in [5.74, 6) is 1.47. The number of para-hydroxylation sites is 1. The van der Waals surface area contributed by atoms with Crippen molar-refractivity contribution in [1.82, 2.24) is 0 Å². The second-order valence-electron chi connectivity index (χ2n) is 7.37. The lowest BCUT2D eigenvalue weighted by atomic mass is 9.96. The average Bonchev–Trinajstić information content (AvgIpc) is 2.72. The van der Waals surface area contributed by atoms with Gasteiger partial charge in [0.05, 0.1) is 7.11 Å². The number of nitrogens with one attached hydrogen (secondary N) is 1. The van der Waals surface area contributed by atoms with Crippen LogP contribution in [0.1, 0.15) is 24.5 Å². The first-order valence-electron chi connectivity index (χ1n) is 9.53. The van der Waals surface area contributed by atoms with Crippen molar-refractivity contribution in [1.29, 1.82) is 0 Å². The second kappa shape index (κ2) is 7.39. The van der Waals surface area contributed by atoms with Gasteiger partial charge in [-0.1, -0.05) is 48.5 Å². The van der Waals surface area contributed by atoms with Crippen LogP contribution in [-0.2, 0) is 6.42 Å². The van der Waals surface area contributed by atoms with Gasteiger partial charge >= 0.3 is 0 Å². The molecule has 0 aliphatic carbocycles. The monoisotopic (exact) mass is 371 g/mol. The van der Waals surface area contributed by atoms with Gasteiger partial charge in [0.1, 0.15) is 17.2 Å². The molecule has 1 heterocycles. The number of aryl methyl sites for hydroxylation is 1. The summed E-state index contributed by atoms with van der Waals surface area (Å²) in [5.41, 5.74) is 11.4. The van der Waals surface area contributed by atoms with Crippen LogP contribution in [0.5, 0.6) is 5.75 Å². The lowest BCUT2D eigenvalue weighted by Crippen LogP contribution is -2.40. The molecule has 0 radical (unpaired) electrons. The van der Waals surface area contributed by atoms with Gasteiger partial charge in [-0.05, 0) is 60.7 Å². The van der Waals surface area contributed by atoms with Crippen molar-refractivity contribution in [3.05, 3.63) is 83.9 Å². The number of methoxy groups -OCH3 is 1. The molecule has 4 heteroatoms. The van der Waals surface area contributed by atoms with Gasteiger partial charge in [0.15, 0.2) is 0 Å². The number of fused-ring (bicyclic) bond motifs is 1. The van der Waals surface area contributed by atoms with Gasteiger partial charge in [0, 0.05) is 11.3 Å². The van der Waals surface area contributed by atoms with Crippen molar-refractivity contribution in [3.63, 3.8) is 0 Å². The topological polar surface area (TPSA) is 59.6 Å². The summed E-state index contributed by atoms with van der Waals surface area (Å²) >= 11 is 0. The number of anilines is 1. The molecule has 0 saturated carbocycles. The summed E-state index contributed by atoms with van der Waals surface area (Å²) in [6, 6.07) is 24.8. The number of nitrogens with two attached hydrogens (primary N) is 1. The summed E-state index contributed by atoms with van der Waals surface area (Å²) in [7, 11) is 1.69. The highest BCUT2D eigenvalue weighted by Crippen LogP contribution is 2.30. The van der Waals surface area contributed by atoms with E-state index in [2.05, 4.69) is 54.7 Å². The highest BCUT2D eigenvalue weighted by molar-refractivity contribution is 6.04. The zero-order valence-corrected chi connectivity index (χ0v) is 16.3. The molecule has 0 saturated heterocycles. The Morgan fingerprint density at radius 2 is 1.71 bits per heavy atom. The number of ether oxygens (including phenoxy) is 1.